The zero-order valence-electron chi connectivity index (χ0n) is 10.6. The summed E-state index contributed by atoms with van der Waals surface area (Å²) in [5.74, 6) is 0.386. The van der Waals surface area contributed by atoms with Gasteiger partial charge >= 0.3 is 0 Å². The molecule has 0 nitrogen and oxygen atoms in total. The fraction of sp³-hybridized carbons (Fsp3) is 0.600. The molecule has 17 heavy (non-hydrogen) atoms. The zero-order valence-corrected chi connectivity index (χ0v) is 12.2. The first-order valence-corrected chi connectivity index (χ1v) is 7.40. The number of hydrogen-bond donors (Lipinski definition) is 0. The van der Waals surface area contributed by atoms with Crippen LogP contribution in [-0.4, -0.2) is 4.83 Å². The van der Waals surface area contributed by atoms with E-state index in [0.29, 0.717) is 10.7 Å². The van der Waals surface area contributed by atoms with Gasteiger partial charge in [-0.3, -0.25) is 0 Å². The monoisotopic (exact) mass is 298 g/mol. The first kappa shape index (κ1) is 13.1. The molecule has 1 aliphatic rings. The topological polar surface area (TPSA) is 0 Å². The van der Waals surface area contributed by atoms with Crippen LogP contribution >= 0.6 is 15.9 Å². The summed E-state index contributed by atoms with van der Waals surface area (Å²) in [5, 5.41) is 0. The molecule has 0 amide bonds. The third kappa shape index (κ3) is 3.09. The van der Waals surface area contributed by atoms with Crippen molar-refractivity contribution in [2.24, 2.45) is 0 Å². The molecule has 1 aliphatic carbocycles. The van der Waals surface area contributed by atoms with E-state index < -0.39 is 0 Å². The lowest BCUT2D eigenvalue weighted by Gasteiger charge is -2.20. The van der Waals surface area contributed by atoms with Crippen LogP contribution in [0.25, 0.3) is 0 Å². The summed E-state index contributed by atoms with van der Waals surface area (Å²) >= 11 is 3.72. The van der Waals surface area contributed by atoms with E-state index in [1.807, 2.05) is 13.8 Å². The van der Waals surface area contributed by atoms with Crippen molar-refractivity contribution < 1.29 is 4.39 Å². The molecule has 1 aromatic carbocycles. The van der Waals surface area contributed by atoms with Crippen LogP contribution in [-0.2, 0) is 0 Å². The van der Waals surface area contributed by atoms with Gasteiger partial charge in [0.1, 0.15) is 5.82 Å². The minimum absolute atomic E-state index is 0.00546. The summed E-state index contributed by atoms with van der Waals surface area (Å²) in [6, 6.07) is 3.78. The van der Waals surface area contributed by atoms with Crippen molar-refractivity contribution in [2.45, 2.75) is 56.7 Å². The average Bonchev–Trinajstić information content (AvgIpc) is 2.41. The first-order chi connectivity index (χ1) is 8.08. The van der Waals surface area contributed by atoms with E-state index in [-0.39, 0.29) is 5.82 Å². The van der Waals surface area contributed by atoms with E-state index in [0.717, 1.165) is 29.5 Å². The number of hydrogen-bond acceptors (Lipinski definition) is 0. The van der Waals surface area contributed by atoms with Gasteiger partial charge in [0.2, 0.25) is 0 Å². The number of benzene rings is 1. The van der Waals surface area contributed by atoms with Gasteiger partial charge in [0.25, 0.3) is 0 Å². The highest BCUT2D eigenvalue weighted by molar-refractivity contribution is 9.09. The highest BCUT2D eigenvalue weighted by Gasteiger charge is 2.23. The molecule has 0 radical (unpaired) electrons. The Kier molecular flexibility index (Phi) is 4.24. The fourth-order valence-corrected chi connectivity index (χ4v) is 3.78. The van der Waals surface area contributed by atoms with Crippen molar-refractivity contribution in [1.29, 1.82) is 0 Å². The Labute approximate surface area is 112 Å². The molecule has 2 rings (SSSR count). The maximum Gasteiger partial charge on any atom is 0.127 e. The van der Waals surface area contributed by atoms with Crippen molar-refractivity contribution >= 4 is 15.9 Å². The third-order valence-corrected chi connectivity index (χ3v) is 4.58. The van der Waals surface area contributed by atoms with Gasteiger partial charge < -0.3 is 0 Å². The van der Waals surface area contributed by atoms with Crippen LogP contribution in [0.15, 0.2) is 12.1 Å². The van der Waals surface area contributed by atoms with Crippen molar-refractivity contribution in [3.05, 3.63) is 34.6 Å². The summed E-state index contributed by atoms with van der Waals surface area (Å²) in [6.45, 7) is 4.00. The predicted molar refractivity (Wildman–Crippen MR) is 74.4 cm³/mol. The summed E-state index contributed by atoms with van der Waals surface area (Å²) in [7, 11) is 0. The van der Waals surface area contributed by atoms with Crippen LogP contribution < -0.4 is 0 Å². The summed E-state index contributed by atoms with van der Waals surface area (Å²) in [5.41, 5.74) is 3.10. The summed E-state index contributed by atoms with van der Waals surface area (Å²) in [6.07, 6.45) is 5.91. The van der Waals surface area contributed by atoms with Gasteiger partial charge in [0.05, 0.1) is 0 Å². The molecule has 1 fully saturated rings. The van der Waals surface area contributed by atoms with Gasteiger partial charge in [0.15, 0.2) is 0 Å². The number of rotatable bonds is 1. The Hall–Kier alpha value is -0.370. The second-order valence-electron chi connectivity index (χ2n) is 5.29. The van der Waals surface area contributed by atoms with Gasteiger partial charge in [-0.2, -0.15) is 0 Å². The van der Waals surface area contributed by atoms with E-state index >= 15 is 0 Å². The maximum absolute atomic E-state index is 14.1. The molecular weight excluding hydrogens is 279 g/mol. The smallest absolute Gasteiger partial charge is 0.127 e. The molecule has 0 aromatic heterocycles. The molecule has 0 heterocycles. The lowest BCUT2D eigenvalue weighted by molar-refractivity contribution is 0.537. The highest BCUT2D eigenvalue weighted by atomic mass is 79.9. The minimum atomic E-state index is -0.00546. The minimum Gasteiger partial charge on any atom is -0.207 e. The molecule has 0 saturated heterocycles. The number of aryl methyl sites for hydroxylation is 2. The van der Waals surface area contributed by atoms with Crippen LogP contribution in [0.4, 0.5) is 4.39 Å². The van der Waals surface area contributed by atoms with Crippen molar-refractivity contribution in [2.75, 3.05) is 0 Å². The van der Waals surface area contributed by atoms with Gasteiger partial charge in [-0.1, -0.05) is 34.8 Å². The Balaban J connectivity index is 2.32. The van der Waals surface area contributed by atoms with Gasteiger partial charge in [-0.25, -0.2) is 4.39 Å². The van der Waals surface area contributed by atoms with Crippen LogP contribution in [0.1, 0.15) is 54.7 Å². The largest absolute Gasteiger partial charge is 0.207 e. The molecule has 0 bridgehead atoms. The number of alkyl halides is 1. The van der Waals surface area contributed by atoms with E-state index in [4.69, 9.17) is 0 Å². The first-order valence-electron chi connectivity index (χ1n) is 6.48. The molecule has 2 unspecified atom stereocenters. The van der Waals surface area contributed by atoms with Gasteiger partial charge in [0, 0.05) is 4.83 Å². The van der Waals surface area contributed by atoms with Crippen LogP contribution in [0.5, 0.6) is 0 Å². The standard InChI is InChI=1S/C15H20BrF/c1-10-7-11(2)15(14(17)8-10)12-5-3-4-6-13(16)9-12/h7-8,12-13H,3-6,9H2,1-2H3. The Morgan fingerprint density at radius 3 is 2.59 bits per heavy atom. The van der Waals surface area contributed by atoms with Crippen molar-refractivity contribution in [3.63, 3.8) is 0 Å². The van der Waals surface area contributed by atoms with Crippen molar-refractivity contribution in [3.8, 4) is 0 Å². The van der Waals surface area contributed by atoms with E-state index in [1.54, 1.807) is 6.07 Å². The third-order valence-electron chi connectivity index (χ3n) is 3.75. The van der Waals surface area contributed by atoms with Crippen LogP contribution in [0, 0.1) is 19.7 Å². The van der Waals surface area contributed by atoms with Crippen molar-refractivity contribution in [1.82, 2.24) is 0 Å². The molecule has 0 aliphatic heterocycles. The Morgan fingerprint density at radius 1 is 1.18 bits per heavy atom. The van der Waals surface area contributed by atoms with Gasteiger partial charge in [-0.05, 0) is 61.8 Å². The molecular formula is C15H20BrF. The van der Waals surface area contributed by atoms with E-state index in [9.17, 15) is 4.39 Å². The van der Waals surface area contributed by atoms with E-state index in [2.05, 4.69) is 22.0 Å². The molecule has 0 N–H and O–H groups in total. The predicted octanol–water partition coefficient (Wildman–Crippen LogP) is 5.25. The molecule has 0 spiro atoms. The second kappa shape index (κ2) is 5.51. The molecule has 2 heteroatoms. The Bertz CT molecular complexity index is 377. The normalized spacial score (nSPS) is 25.6. The second-order valence-corrected chi connectivity index (χ2v) is 6.59. The number of halogens is 2. The van der Waals surface area contributed by atoms with Crippen LogP contribution in [0.3, 0.4) is 0 Å². The summed E-state index contributed by atoms with van der Waals surface area (Å²) < 4.78 is 14.1. The maximum atomic E-state index is 14.1. The fourth-order valence-electron chi connectivity index (χ4n) is 3.01. The lowest BCUT2D eigenvalue weighted by atomic mass is 9.87. The summed E-state index contributed by atoms with van der Waals surface area (Å²) in [4.78, 5) is 0.551. The lowest BCUT2D eigenvalue weighted by Crippen LogP contribution is -2.08. The molecule has 1 saturated carbocycles. The van der Waals surface area contributed by atoms with Crippen LogP contribution in [0.2, 0.25) is 0 Å². The van der Waals surface area contributed by atoms with Gasteiger partial charge in [-0.15, -0.1) is 0 Å². The van der Waals surface area contributed by atoms with E-state index in [1.165, 1.54) is 19.3 Å². The highest BCUT2D eigenvalue weighted by Crippen LogP contribution is 2.37. The quantitative estimate of drug-likeness (QED) is 0.490. The zero-order chi connectivity index (χ0) is 12.4. The molecule has 2 atom stereocenters. The Morgan fingerprint density at radius 2 is 1.88 bits per heavy atom. The molecule has 1 aromatic rings. The molecule has 94 valence electrons. The average molecular weight is 299 g/mol. The SMILES string of the molecule is Cc1cc(C)c(C2CCCCC(Br)C2)c(F)c1.